The fourth-order valence-electron chi connectivity index (χ4n) is 1.80. The molecule has 0 fully saturated rings. The number of carbonyl (C=O) groups excluding carboxylic acids is 1. The Kier molecular flexibility index (Phi) is 6.15. The van der Waals surface area contributed by atoms with Crippen molar-refractivity contribution in [2.24, 2.45) is 0 Å². The molecule has 0 heterocycles. The standard InChI is InChI=1S/C16H13ClF3NO2S/c1-8(22)7-24-14-4-9(2-3-11(14)17)16(23)21-10-5-12(18)15(20)13(19)6-10/h2-6,8,22H,7H2,1H3,(H,21,23). The molecule has 1 atom stereocenters. The van der Waals surface area contributed by atoms with Crippen LogP contribution in [-0.2, 0) is 0 Å². The third-order valence-electron chi connectivity index (χ3n) is 2.92. The average Bonchev–Trinajstić information content (AvgIpc) is 2.51. The first kappa shape index (κ1) is 18.6. The zero-order valence-corrected chi connectivity index (χ0v) is 14.0. The molecule has 1 amide bonds. The lowest BCUT2D eigenvalue weighted by Crippen LogP contribution is -2.13. The maximum Gasteiger partial charge on any atom is 0.255 e. The normalized spacial score (nSPS) is 12.1. The summed E-state index contributed by atoms with van der Waals surface area (Å²) in [7, 11) is 0. The molecule has 0 aromatic heterocycles. The molecule has 128 valence electrons. The summed E-state index contributed by atoms with van der Waals surface area (Å²) in [5.74, 6) is -4.63. The minimum atomic E-state index is -1.60. The Balaban J connectivity index is 2.19. The van der Waals surface area contributed by atoms with E-state index in [2.05, 4.69) is 5.32 Å². The molecule has 2 aromatic carbocycles. The topological polar surface area (TPSA) is 49.3 Å². The molecule has 2 aromatic rings. The zero-order valence-electron chi connectivity index (χ0n) is 12.4. The molecule has 0 aliphatic carbocycles. The number of benzene rings is 2. The molecule has 0 bridgehead atoms. The number of hydrogen-bond acceptors (Lipinski definition) is 3. The summed E-state index contributed by atoms with van der Waals surface area (Å²) in [4.78, 5) is 12.8. The highest BCUT2D eigenvalue weighted by molar-refractivity contribution is 7.99. The Labute approximate surface area is 145 Å². The molecule has 0 saturated heterocycles. The summed E-state index contributed by atoms with van der Waals surface area (Å²) in [6.45, 7) is 1.62. The highest BCUT2D eigenvalue weighted by Crippen LogP contribution is 2.29. The first-order valence-corrected chi connectivity index (χ1v) is 8.20. The summed E-state index contributed by atoms with van der Waals surface area (Å²) in [6.07, 6.45) is -0.547. The minimum Gasteiger partial charge on any atom is -0.393 e. The van der Waals surface area contributed by atoms with Gasteiger partial charge in [-0.15, -0.1) is 11.8 Å². The van der Waals surface area contributed by atoms with Crippen LogP contribution in [0, 0.1) is 17.5 Å². The Morgan fingerprint density at radius 2 is 1.88 bits per heavy atom. The first-order valence-electron chi connectivity index (χ1n) is 6.84. The number of aliphatic hydroxyl groups is 1. The second kappa shape index (κ2) is 7.92. The first-order chi connectivity index (χ1) is 11.3. The van der Waals surface area contributed by atoms with Crippen molar-refractivity contribution in [3.63, 3.8) is 0 Å². The van der Waals surface area contributed by atoms with Gasteiger partial charge in [0, 0.05) is 34.0 Å². The van der Waals surface area contributed by atoms with Gasteiger partial charge < -0.3 is 10.4 Å². The predicted molar refractivity (Wildman–Crippen MR) is 88.1 cm³/mol. The van der Waals surface area contributed by atoms with E-state index in [1.165, 1.54) is 30.0 Å². The molecule has 0 saturated carbocycles. The summed E-state index contributed by atoms with van der Waals surface area (Å²) in [6, 6.07) is 5.83. The number of aliphatic hydroxyl groups excluding tert-OH is 1. The van der Waals surface area contributed by atoms with Crippen LogP contribution in [0.5, 0.6) is 0 Å². The van der Waals surface area contributed by atoms with E-state index in [0.29, 0.717) is 27.8 Å². The van der Waals surface area contributed by atoms with Crippen LogP contribution in [0.15, 0.2) is 35.2 Å². The van der Waals surface area contributed by atoms with Crippen molar-refractivity contribution in [3.05, 3.63) is 58.4 Å². The lowest BCUT2D eigenvalue weighted by atomic mass is 10.2. The Morgan fingerprint density at radius 1 is 1.25 bits per heavy atom. The Bertz CT molecular complexity index is 748. The minimum absolute atomic E-state index is 0.204. The van der Waals surface area contributed by atoms with Crippen molar-refractivity contribution in [2.75, 3.05) is 11.1 Å². The van der Waals surface area contributed by atoms with Crippen molar-refractivity contribution < 1.29 is 23.1 Å². The number of hydrogen-bond donors (Lipinski definition) is 2. The molecular formula is C16H13ClF3NO2S. The van der Waals surface area contributed by atoms with Crippen LogP contribution >= 0.6 is 23.4 Å². The van der Waals surface area contributed by atoms with Crippen molar-refractivity contribution >= 4 is 35.0 Å². The van der Waals surface area contributed by atoms with Gasteiger partial charge in [-0.3, -0.25) is 4.79 Å². The Morgan fingerprint density at radius 3 is 2.46 bits per heavy atom. The highest BCUT2D eigenvalue weighted by atomic mass is 35.5. The SMILES string of the molecule is CC(O)CSc1cc(C(=O)Nc2cc(F)c(F)c(F)c2)ccc1Cl. The van der Waals surface area contributed by atoms with E-state index in [4.69, 9.17) is 11.6 Å². The predicted octanol–water partition coefficient (Wildman–Crippen LogP) is 4.48. The van der Waals surface area contributed by atoms with E-state index in [1.807, 2.05) is 0 Å². The second-order valence-electron chi connectivity index (χ2n) is 5.01. The van der Waals surface area contributed by atoms with Crippen molar-refractivity contribution in [2.45, 2.75) is 17.9 Å². The van der Waals surface area contributed by atoms with Gasteiger partial charge in [0.05, 0.1) is 11.1 Å². The Hall–Kier alpha value is -1.70. The van der Waals surface area contributed by atoms with Crippen LogP contribution in [0.3, 0.4) is 0 Å². The molecule has 2 N–H and O–H groups in total. The van der Waals surface area contributed by atoms with E-state index in [9.17, 15) is 23.1 Å². The van der Waals surface area contributed by atoms with Crippen molar-refractivity contribution in [1.29, 1.82) is 0 Å². The molecule has 24 heavy (non-hydrogen) atoms. The lowest BCUT2D eigenvalue weighted by molar-refractivity contribution is 0.102. The van der Waals surface area contributed by atoms with Crippen LogP contribution in [0.25, 0.3) is 0 Å². The number of amides is 1. The van der Waals surface area contributed by atoms with Gasteiger partial charge in [0.2, 0.25) is 0 Å². The number of thioether (sulfide) groups is 1. The monoisotopic (exact) mass is 375 g/mol. The van der Waals surface area contributed by atoms with E-state index in [0.717, 1.165) is 0 Å². The summed E-state index contributed by atoms with van der Waals surface area (Å²) in [5.41, 5.74) is 0.00201. The van der Waals surface area contributed by atoms with Crippen molar-refractivity contribution in [1.82, 2.24) is 0 Å². The van der Waals surface area contributed by atoms with Gasteiger partial charge in [-0.25, -0.2) is 13.2 Å². The van der Waals surface area contributed by atoms with Gasteiger partial charge in [0.1, 0.15) is 0 Å². The fraction of sp³-hybridized carbons (Fsp3) is 0.188. The van der Waals surface area contributed by atoms with Gasteiger partial charge >= 0.3 is 0 Å². The smallest absolute Gasteiger partial charge is 0.255 e. The van der Waals surface area contributed by atoms with E-state index < -0.39 is 29.5 Å². The zero-order chi connectivity index (χ0) is 17.9. The van der Waals surface area contributed by atoms with E-state index in [1.54, 1.807) is 6.92 Å². The van der Waals surface area contributed by atoms with Crippen LogP contribution < -0.4 is 5.32 Å². The molecule has 0 spiro atoms. The molecule has 8 heteroatoms. The summed E-state index contributed by atoms with van der Waals surface area (Å²) < 4.78 is 39.3. The molecule has 0 aliphatic rings. The van der Waals surface area contributed by atoms with Gasteiger partial charge in [-0.1, -0.05) is 11.6 Å². The molecule has 1 unspecified atom stereocenters. The lowest BCUT2D eigenvalue weighted by Gasteiger charge is -2.10. The van der Waals surface area contributed by atoms with Gasteiger partial charge in [0.15, 0.2) is 17.5 Å². The van der Waals surface area contributed by atoms with Crippen LogP contribution in [0.1, 0.15) is 17.3 Å². The molecule has 2 rings (SSSR count). The second-order valence-corrected chi connectivity index (χ2v) is 6.48. The maximum atomic E-state index is 13.2. The molecule has 0 aliphatic heterocycles. The third-order valence-corrected chi connectivity index (χ3v) is 4.65. The van der Waals surface area contributed by atoms with E-state index >= 15 is 0 Å². The maximum absolute atomic E-state index is 13.2. The average molecular weight is 376 g/mol. The molecular weight excluding hydrogens is 363 g/mol. The number of rotatable bonds is 5. The highest BCUT2D eigenvalue weighted by Gasteiger charge is 2.14. The van der Waals surface area contributed by atoms with Crippen LogP contribution in [-0.4, -0.2) is 22.9 Å². The molecule has 0 radical (unpaired) electrons. The van der Waals surface area contributed by atoms with Crippen molar-refractivity contribution in [3.8, 4) is 0 Å². The summed E-state index contributed by atoms with van der Waals surface area (Å²) in [5, 5.41) is 12.0. The van der Waals surface area contributed by atoms with Crippen LogP contribution in [0.4, 0.5) is 18.9 Å². The van der Waals surface area contributed by atoms with E-state index in [-0.39, 0.29) is 11.3 Å². The summed E-state index contributed by atoms with van der Waals surface area (Å²) >= 11 is 7.30. The number of nitrogens with one attached hydrogen (secondary N) is 1. The fourth-order valence-corrected chi connectivity index (χ4v) is 2.91. The number of halogens is 4. The van der Waals surface area contributed by atoms with Gasteiger partial charge in [-0.2, -0.15) is 0 Å². The quantitative estimate of drug-likeness (QED) is 0.598. The number of anilines is 1. The molecule has 3 nitrogen and oxygen atoms in total. The largest absolute Gasteiger partial charge is 0.393 e. The third kappa shape index (κ3) is 4.66. The van der Waals surface area contributed by atoms with Crippen LogP contribution in [0.2, 0.25) is 5.02 Å². The van der Waals surface area contributed by atoms with Gasteiger partial charge in [-0.05, 0) is 25.1 Å². The van der Waals surface area contributed by atoms with Gasteiger partial charge in [0.25, 0.3) is 5.91 Å². The number of carbonyl (C=O) groups is 1.